The monoisotopic (exact) mass is 242 g/mol. The molecule has 0 saturated heterocycles. The van der Waals surface area contributed by atoms with Crippen molar-refractivity contribution in [3.63, 3.8) is 0 Å². The molecule has 16 heavy (non-hydrogen) atoms. The predicted molar refractivity (Wildman–Crippen MR) is 51.5 cm³/mol. The maximum Gasteiger partial charge on any atom is 0.300 e. The molecule has 0 aromatic rings. The van der Waals surface area contributed by atoms with Gasteiger partial charge in [-0.2, -0.15) is 0 Å². The van der Waals surface area contributed by atoms with Crippen molar-refractivity contribution in [2.45, 2.75) is 31.3 Å². The van der Waals surface area contributed by atoms with Crippen LogP contribution in [0.4, 0.5) is 0 Å². The topological polar surface area (TPSA) is 159 Å². The maximum absolute atomic E-state index is 9.00. The van der Waals surface area contributed by atoms with Gasteiger partial charge < -0.3 is 35.7 Å². The second-order valence-electron chi connectivity index (χ2n) is 3.00. The van der Waals surface area contributed by atoms with E-state index in [1.54, 1.807) is 0 Å². The summed E-state index contributed by atoms with van der Waals surface area (Å²) >= 11 is 0. The van der Waals surface area contributed by atoms with Gasteiger partial charge in [0.2, 0.25) is 0 Å². The van der Waals surface area contributed by atoms with E-state index in [2.05, 4.69) is 0 Å². The molecular formula is C8H18O8. The van der Waals surface area contributed by atoms with E-state index in [9.17, 15) is 0 Å². The van der Waals surface area contributed by atoms with E-state index >= 15 is 0 Å². The van der Waals surface area contributed by atoms with Crippen LogP contribution in [-0.2, 0) is 4.79 Å². The number of carboxylic acid groups (broad SMARTS) is 1. The lowest BCUT2D eigenvalue weighted by molar-refractivity contribution is -0.134. The van der Waals surface area contributed by atoms with Gasteiger partial charge >= 0.3 is 0 Å². The van der Waals surface area contributed by atoms with Crippen molar-refractivity contribution in [2.24, 2.45) is 0 Å². The van der Waals surface area contributed by atoms with Crippen molar-refractivity contribution >= 4 is 5.97 Å². The molecular weight excluding hydrogens is 224 g/mol. The summed E-state index contributed by atoms with van der Waals surface area (Å²) in [7, 11) is 0. The van der Waals surface area contributed by atoms with Gasteiger partial charge in [0, 0.05) is 6.92 Å². The molecule has 0 aromatic heterocycles. The minimum atomic E-state index is -1.67. The van der Waals surface area contributed by atoms with Crippen LogP contribution in [0.25, 0.3) is 0 Å². The number of carboxylic acids is 1. The fraction of sp³-hybridized carbons (Fsp3) is 0.875. The lowest BCUT2D eigenvalue weighted by atomic mass is 10.0. The van der Waals surface area contributed by atoms with E-state index in [0.29, 0.717) is 0 Å². The normalized spacial score (nSPS) is 17.7. The van der Waals surface area contributed by atoms with Crippen LogP contribution < -0.4 is 0 Å². The van der Waals surface area contributed by atoms with E-state index in [-0.39, 0.29) is 0 Å². The second kappa shape index (κ2) is 9.46. The Kier molecular flexibility index (Phi) is 10.4. The van der Waals surface area contributed by atoms with Crippen molar-refractivity contribution in [3.05, 3.63) is 0 Å². The third-order valence-electron chi connectivity index (χ3n) is 1.51. The highest BCUT2D eigenvalue weighted by atomic mass is 16.4. The van der Waals surface area contributed by atoms with E-state index in [1.807, 2.05) is 0 Å². The van der Waals surface area contributed by atoms with Gasteiger partial charge in [0.05, 0.1) is 13.2 Å². The molecule has 0 heterocycles. The minimum Gasteiger partial charge on any atom is -0.481 e. The summed E-state index contributed by atoms with van der Waals surface area (Å²) in [6.45, 7) is -0.368. The highest BCUT2D eigenvalue weighted by Crippen LogP contribution is 2.03. The van der Waals surface area contributed by atoms with Crippen molar-refractivity contribution in [3.8, 4) is 0 Å². The summed E-state index contributed by atoms with van der Waals surface area (Å²) < 4.78 is 0. The molecule has 0 saturated carbocycles. The van der Waals surface area contributed by atoms with E-state index in [1.165, 1.54) is 0 Å². The van der Waals surface area contributed by atoms with Gasteiger partial charge in [-0.3, -0.25) is 4.79 Å². The maximum atomic E-state index is 9.00. The van der Waals surface area contributed by atoms with Gasteiger partial charge in [0.25, 0.3) is 5.97 Å². The fourth-order valence-corrected chi connectivity index (χ4v) is 0.671. The number of hydrogen-bond donors (Lipinski definition) is 7. The number of rotatable bonds is 5. The number of hydrogen-bond acceptors (Lipinski definition) is 7. The molecule has 0 bridgehead atoms. The Morgan fingerprint density at radius 1 is 0.938 bits per heavy atom. The second-order valence-corrected chi connectivity index (χ2v) is 3.00. The van der Waals surface area contributed by atoms with Crippen LogP contribution in [0.2, 0.25) is 0 Å². The van der Waals surface area contributed by atoms with E-state index < -0.39 is 43.6 Å². The van der Waals surface area contributed by atoms with Crippen molar-refractivity contribution in [1.29, 1.82) is 0 Å². The zero-order chi connectivity index (χ0) is 13.3. The van der Waals surface area contributed by atoms with Crippen molar-refractivity contribution in [2.75, 3.05) is 13.2 Å². The molecule has 0 fully saturated rings. The predicted octanol–water partition coefficient (Wildman–Crippen LogP) is -3.49. The first-order valence-corrected chi connectivity index (χ1v) is 4.41. The molecule has 0 spiro atoms. The Bertz CT molecular complexity index is 167. The first kappa shape index (κ1) is 17.6. The van der Waals surface area contributed by atoms with Crippen LogP contribution in [-0.4, -0.2) is 79.3 Å². The van der Waals surface area contributed by atoms with E-state index in [4.69, 9.17) is 40.5 Å². The zero-order valence-electron chi connectivity index (χ0n) is 8.76. The van der Waals surface area contributed by atoms with Gasteiger partial charge in [0.15, 0.2) is 0 Å². The molecule has 0 radical (unpaired) electrons. The first-order chi connectivity index (χ1) is 7.27. The SMILES string of the molecule is CC(=O)O.OC[C@@H](O)[C@@H](O)[C@@H](O)[C@@H](O)CO. The molecule has 8 heteroatoms. The molecule has 0 aromatic carbocycles. The van der Waals surface area contributed by atoms with Gasteiger partial charge in [0.1, 0.15) is 24.4 Å². The number of aliphatic carboxylic acids is 1. The lowest BCUT2D eigenvalue weighted by Gasteiger charge is -2.24. The van der Waals surface area contributed by atoms with Crippen molar-refractivity contribution in [1.82, 2.24) is 0 Å². The summed E-state index contributed by atoms with van der Waals surface area (Å²) in [6.07, 6.45) is -6.39. The molecule has 0 unspecified atom stereocenters. The number of carbonyl (C=O) groups is 1. The Balaban J connectivity index is 0. The smallest absolute Gasteiger partial charge is 0.300 e. The molecule has 8 nitrogen and oxygen atoms in total. The minimum absolute atomic E-state index is 0.726. The molecule has 0 aliphatic rings. The van der Waals surface area contributed by atoms with Crippen molar-refractivity contribution < 1.29 is 40.5 Å². The molecule has 0 aliphatic heterocycles. The first-order valence-electron chi connectivity index (χ1n) is 4.41. The van der Waals surface area contributed by atoms with Crippen LogP contribution in [0.15, 0.2) is 0 Å². The third-order valence-corrected chi connectivity index (χ3v) is 1.51. The van der Waals surface area contributed by atoms with Crippen LogP contribution in [0.3, 0.4) is 0 Å². The summed E-state index contributed by atoms with van der Waals surface area (Å²) in [4.78, 5) is 9.00. The summed E-state index contributed by atoms with van der Waals surface area (Å²) in [5.74, 6) is -0.833. The molecule has 98 valence electrons. The Morgan fingerprint density at radius 2 is 1.12 bits per heavy atom. The lowest BCUT2D eigenvalue weighted by Crippen LogP contribution is -2.46. The van der Waals surface area contributed by atoms with Crippen LogP contribution >= 0.6 is 0 Å². The molecule has 4 atom stereocenters. The Morgan fingerprint density at radius 3 is 1.25 bits per heavy atom. The van der Waals surface area contributed by atoms with Crippen LogP contribution in [0.1, 0.15) is 6.92 Å². The third kappa shape index (κ3) is 8.53. The van der Waals surface area contributed by atoms with E-state index in [0.717, 1.165) is 6.92 Å². The van der Waals surface area contributed by atoms with Crippen LogP contribution in [0.5, 0.6) is 0 Å². The largest absolute Gasteiger partial charge is 0.481 e. The van der Waals surface area contributed by atoms with Crippen LogP contribution in [0, 0.1) is 0 Å². The number of aliphatic hydroxyl groups is 6. The zero-order valence-corrected chi connectivity index (χ0v) is 8.76. The molecule has 7 N–H and O–H groups in total. The molecule has 0 aliphatic carbocycles. The van der Waals surface area contributed by atoms with Gasteiger partial charge in [-0.15, -0.1) is 0 Å². The number of aliphatic hydroxyl groups excluding tert-OH is 6. The quantitative estimate of drug-likeness (QED) is 0.261. The highest BCUT2D eigenvalue weighted by molar-refractivity contribution is 5.62. The van der Waals surface area contributed by atoms with Gasteiger partial charge in [-0.05, 0) is 0 Å². The summed E-state index contributed by atoms with van der Waals surface area (Å²) in [5, 5.41) is 59.6. The average molecular weight is 242 g/mol. The summed E-state index contributed by atoms with van der Waals surface area (Å²) in [6, 6.07) is 0. The van der Waals surface area contributed by atoms with Gasteiger partial charge in [-0.25, -0.2) is 0 Å². The Labute approximate surface area is 92.0 Å². The summed E-state index contributed by atoms with van der Waals surface area (Å²) in [5.41, 5.74) is 0. The fourth-order valence-electron chi connectivity index (χ4n) is 0.671. The highest BCUT2D eigenvalue weighted by Gasteiger charge is 2.29. The average Bonchev–Trinajstić information content (AvgIpc) is 2.24. The standard InChI is InChI=1S/C6H14O6.C2H4O2/c7-1-3(9)5(11)6(12)4(10)2-8;1-2(3)4/h3-12H,1-2H2;1H3,(H,3,4)/t3-,4+,5-,6+;. The molecule has 0 rings (SSSR count). The van der Waals surface area contributed by atoms with Gasteiger partial charge in [-0.1, -0.05) is 0 Å². The molecule has 0 amide bonds. The Hall–Kier alpha value is -0.770.